The highest BCUT2D eigenvalue weighted by Crippen LogP contribution is 2.44. The molecule has 232 valence electrons. The average molecular weight is 625 g/mol. The zero-order valence-electron chi connectivity index (χ0n) is 26.7. The monoisotopic (exact) mass is 624 g/mol. The number of carbonyl (C=O) groups excluding carboxylic acids is 2. The first-order chi connectivity index (χ1) is 23.6. The third-order valence-electron chi connectivity index (χ3n) is 9.19. The number of rotatable bonds is 8. The summed E-state index contributed by atoms with van der Waals surface area (Å²) in [6.07, 6.45) is 1.40. The number of hydrogen-bond donors (Lipinski definition) is 0. The minimum Gasteiger partial charge on any atom is -0.460 e. The molecule has 4 nitrogen and oxygen atoms in total. The van der Waals surface area contributed by atoms with E-state index < -0.39 is 0 Å². The summed E-state index contributed by atoms with van der Waals surface area (Å²) >= 11 is 0. The van der Waals surface area contributed by atoms with Crippen LogP contribution in [0, 0.1) is 0 Å². The fraction of sp³-hybridized carbons (Fsp3) is 0.0909. The Labute approximate surface area is 278 Å². The molecular formula is C44H32O4. The molecule has 2 heterocycles. The highest BCUT2D eigenvalue weighted by Gasteiger charge is 2.22. The molecule has 0 atom stereocenters. The van der Waals surface area contributed by atoms with Gasteiger partial charge in [0, 0.05) is 67.8 Å². The molecule has 0 unspecified atom stereocenters. The van der Waals surface area contributed by atoms with Crippen LogP contribution in [0.1, 0.15) is 57.2 Å². The molecule has 48 heavy (non-hydrogen) atoms. The normalized spacial score (nSPS) is 11.5. The maximum atomic E-state index is 13.3. The van der Waals surface area contributed by atoms with Crippen LogP contribution in [0.3, 0.4) is 0 Å². The Bertz CT molecular complexity index is 2320. The second kappa shape index (κ2) is 12.0. The first kappa shape index (κ1) is 29.4. The van der Waals surface area contributed by atoms with Gasteiger partial charge in [-0.25, -0.2) is 0 Å². The van der Waals surface area contributed by atoms with Crippen LogP contribution in [0.4, 0.5) is 0 Å². The molecular weight excluding hydrogens is 592 g/mol. The fourth-order valence-corrected chi connectivity index (χ4v) is 6.89. The number of hydrogen-bond acceptors (Lipinski definition) is 4. The lowest BCUT2D eigenvalue weighted by molar-refractivity contribution is 0.103. The summed E-state index contributed by atoms with van der Waals surface area (Å²) in [4.78, 5) is 26.6. The van der Waals surface area contributed by atoms with Crippen molar-refractivity contribution in [3.63, 3.8) is 0 Å². The van der Waals surface area contributed by atoms with Gasteiger partial charge in [-0.2, -0.15) is 0 Å². The van der Waals surface area contributed by atoms with Crippen molar-refractivity contribution in [3.8, 4) is 22.3 Å². The third kappa shape index (κ3) is 4.85. The maximum absolute atomic E-state index is 13.3. The van der Waals surface area contributed by atoms with Crippen LogP contribution in [0.2, 0.25) is 0 Å². The van der Waals surface area contributed by atoms with Crippen LogP contribution < -0.4 is 0 Å². The number of ketones is 2. The molecule has 0 radical (unpaired) electrons. The zero-order valence-corrected chi connectivity index (χ0v) is 26.7. The van der Waals surface area contributed by atoms with E-state index >= 15 is 0 Å². The van der Waals surface area contributed by atoms with Gasteiger partial charge in [-0.15, -0.1) is 0 Å². The van der Waals surface area contributed by atoms with Gasteiger partial charge in [0.2, 0.25) is 0 Å². The summed E-state index contributed by atoms with van der Waals surface area (Å²) < 4.78 is 13.2. The minimum atomic E-state index is -0.00791. The van der Waals surface area contributed by atoms with E-state index in [0.29, 0.717) is 35.1 Å². The molecule has 0 saturated heterocycles. The second-order valence-electron chi connectivity index (χ2n) is 12.0. The van der Waals surface area contributed by atoms with Gasteiger partial charge in [0.15, 0.2) is 11.6 Å². The molecule has 0 saturated carbocycles. The molecule has 2 aromatic heterocycles. The molecule has 0 amide bonds. The van der Waals surface area contributed by atoms with Crippen molar-refractivity contribution >= 4 is 44.3 Å². The van der Waals surface area contributed by atoms with Crippen molar-refractivity contribution in [2.45, 2.75) is 26.7 Å². The van der Waals surface area contributed by atoms with E-state index in [1.807, 2.05) is 109 Å². The van der Waals surface area contributed by atoms with Crippen LogP contribution >= 0.6 is 0 Å². The van der Waals surface area contributed by atoms with Gasteiger partial charge in [-0.05, 0) is 47.5 Å². The number of carbonyl (C=O) groups is 2. The molecule has 8 aromatic rings. The van der Waals surface area contributed by atoms with Crippen LogP contribution in [0.5, 0.6) is 0 Å². The molecule has 0 bridgehead atoms. The lowest BCUT2D eigenvalue weighted by atomic mass is 9.94. The molecule has 0 aliphatic rings. The molecule has 4 heteroatoms. The van der Waals surface area contributed by atoms with E-state index in [0.717, 1.165) is 66.5 Å². The Kier molecular flexibility index (Phi) is 7.34. The molecule has 8 rings (SSSR count). The summed E-state index contributed by atoms with van der Waals surface area (Å²) in [5, 5.41) is 3.93. The van der Waals surface area contributed by atoms with Crippen molar-refractivity contribution in [1.29, 1.82) is 0 Å². The largest absolute Gasteiger partial charge is 0.460 e. The number of furan rings is 2. The van der Waals surface area contributed by atoms with Gasteiger partial charge >= 0.3 is 0 Å². The second-order valence-corrected chi connectivity index (χ2v) is 12.0. The summed E-state index contributed by atoms with van der Waals surface area (Å²) in [6, 6.07) is 42.8. The van der Waals surface area contributed by atoms with E-state index in [1.54, 1.807) is 0 Å². The van der Waals surface area contributed by atoms with Crippen molar-refractivity contribution < 1.29 is 18.4 Å². The smallest absolute Gasteiger partial charge is 0.193 e. The van der Waals surface area contributed by atoms with Crippen LogP contribution in [-0.4, -0.2) is 11.6 Å². The Morgan fingerprint density at radius 3 is 1.21 bits per heavy atom. The van der Waals surface area contributed by atoms with Crippen molar-refractivity contribution in [3.05, 3.63) is 167 Å². The van der Waals surface area contributed by atoms with Crippen LogP contribution in [0.25, 0.3) is 55.0 Å². The Balaban J connectivity index is 1.25. The molecule has 0 spiro atoms. The van der Waals surface area contributed by atoms with Gasteiger partial charge < -0.3 is 8.83 Å². The van der Waals surface area contributed by atoms with Gasteiger partial charge in [0.1, 0.15) is 22.7 Å². The Morgan fingerprint density at radius 1 is 0.438 bits per heavy atom. The lowest BCUT2D eigenvalue weighted by Crippen LogP contribution is -2.01. The van der Waals surface area contributed by atoms with Crippen molar-refractivity contribution in [2.75, 3.05) is 0 Å². The number of fused-ring (bicyclic) bond motifs is 5. The molecule has 0 fully saturated rings. The first-order valence-corrected chi connectivity index (χ1v) is 16.4. The van der Waals surface area contributed by atoms with E-state index in [1.165, 1.54) is 0 Å². The summed E-state index contributed by atoms with van der Waals surface area (Å²) in [5.74, 6) is 1.73. The van der Waals surface area contributed by atoms with Gasteiger partial charge in [0.25, 0.3) is 0 Å². The highest BCUT2D eigenvalue weighted by molar-refractivity contribution is 6.19. The highest BCUT2D eigenvalue weighted by atomic mass is 16.3. The fourth-order valence-electron chi connectivity index (χ4n) is 6.89. The van der Waals surface area contributed by atoms with E-state index in [2.05, 4.69) is 38.1 Å². The quantitative estimate of drug-likeness (QED) is 0.158. The Hall–Kier alpha value is -6.00. The van der Waals surface area contributed by atoms with Crippen LogP contribution in [-0.2, 0) is 12.8 Å². The first-order valence-electron chi connectivity index (χ1n) is 16.4. The van der Waals surface area contributed by atoms with Gasteiger partial charge in [0.05, 0.1) is 0 Å². The zero-order chi connectivity index (χ0) is 32.8. The van der Waals surface area contributed by atoms with Crippen molar-refractivity contribution in [2.24, 2.45) is 0 Å². The minimum absolute atomic E-state index is 0.00791. The SMILES string of the molecule is CCc1oc2c(ccc3c2ccc2c(-c4cccc(C(=O)c5ccccc5)c4)c(CC)oc23)c1-c1cccc(C(=O)c2ccccc2)c1. The third-order valence-corrected chi connectivity index (χ3v) is 9.19. The summed E-state index contributed by atoms with van der Waals surface area (Å²) in [5.41, 5.74) is 8.12. The Morgan fingerprint density at radius 2 is 0.812 bits per heavy atom. The molecule has 0 N–H and O–H groups in total. The average Bonchev–Trinajstić information content (AvgIpc) is 3.74. The standard InChI is InChI=1S/C44H32O4/c1-3-37-39(29-17-11-19-31(25-29)41(45)27-13-7-5-8-14-27)35-23-21-34-33(43(35)47-37)22-24-36-40(38(4-2)48-44(34)36)30-18-12-20-32(26-30)42(46)28-15-9-6-10-16-28/h5-26H,3-4H2,1-2H3. The van der Waals surface area contributed by atoms with Crippen LogP contribution in [0.15, 0.2) is 142 Å². The van der Waals surface area contributed by atoms with E-state index in [-0.39, 0.29) is 11.6 Å². The summed E-state index contributed by atoms with van der Waals surface area (Å²) in [7, 11) is 0. The van der Waals surface area contributed by atoms with Crippen molar-refractivity contribution in [1.82, 2.24) is 0 Å². The maximum Gasteiger partial charge on any atom is 0.193 e. The molecule has 0 aliphatic heterocycles. The predicted octanol–water partition coefficient (Wildman–Crippen LogP) is 11.3. The lowest BCUT2D eigenvalue weighted by Gasteiger charge is -2.07. The van der Waals surface area contributed by atoms with Gasteiger partial charge in [-0.3, -0.25) is 9.59 Å². The van der Waals surface area contributed by atoms with E-state index in [9.17, 15) is 9.59 Å². The molecule has 6 aromatic carbocycles. The topological polar surface area (TPSA) is 60.4 Å². The number of aryl methyl sites for hydroxylation is 2. The number of benzene rings is 6. The van der Waals surface area contributed by atoms with Gasteiger partial charge in [-0.1, -0.05) is 111 Å². The predicted molar refractivity (Wildman–Crippen MR) is 193 cm³/mol. The summed E-state index contributed by atoms with van der Waals surface area (Å²) in [6.45, 7) is 4.17. The molecule has 0 aliphatic carbocycles. The van der Waals surface area contributed by atoms with E-state index in [4.69, 9.17) is 8.83 Å².